The number of halogens is 2. The van der Waals surface area contributed by atoms with Crippen molar-refractivity contribution in [1.29, 1.82) is 0 Å². The van der Waals surface area contributed by atoms with Crippen LogP contribution < -0.4 is 14.8 Å². The maximum atomic E-state index is 12.0. The Kier molecular flexibility index (Phi) is 7.56. The summed E-state index contributed by atoms with van der Waals surface area (Å²) >= 11 is 13.2. The molecule has 0 heterocycles. The number of amides is 1. The smallest absolute Gasteiger partial charge is 0.234 e. The van der Waals surface area contributed by atoms with Crippen LogP contribution in [0.1, 0.15) is 0 Å². The minimum Gasteiger partial charge on any atom is -0.495 e. The van der Waals surface area contributed by atoms with Gasteiger partial charge in [0.25, 0.3) is 0 Å². The number of benzene rings is 2. The van der Waals surface area contributed by atoms with E-state index in [4.69, 9.17) is 32.7 Å². The molecule has 0 saturated carbocycles. The zero-order chi connectivity index (χ0) is 17.4. The summed E-state index contributed by atoms with van der Waals surface area (Å²) in [5.74, 6) is 2.23. The van der Waals surface area contributed by atoms with Crippen LogP contribution in [-0.2, 0) is 4.79 Å². The Bertz CT molecular complexity index is 680. The Labute approximate surface area is 155 Å². The van der Waals surface area contributed by atoms with E-state index in [0.717, 1.165) is 5.75 Å². The third-order valence-corrected chi connectivity index (χ3v) is 4.39. The van der Waals surface area contributed by atoms with Crippen LogP contribution in [0.25, 0.3) is 0 Å². The van der Waals surface area contributed by atoms with Gasteiger partial charge < -0.3 is 14.8 Å². The number of methoxy groups -OCH3 is 1. The minimum atomic E-state index is -0.118. The van der Waals surface area contributed by atoms with Gasteiger partial charge in [0.1, 0.15) is 11.5 Å². The molecule has 0 spiro atoms. The lowest BCUT2D eigenvalue weighted by atomic mass is 10.3. The number of hydrogen-bond donors (Lipinski definition) is 1. The van der Waals surface area contributed by atoms with E-state index >= 15 is 0 Å². The van der Waals surface area contributed by atoms with Crippen LogP contribution in [0.4, 0.5) is 5.69 Å². The van der Waals surface area contributed by atoms with Gasteiger partial charge in [0, 0.05) is 15.8 Å². The Hall–Kier alpha value is -1.56. The molecule has 1 N–H and O–H groups in total. The fraction of sp³-hybridized carbons (Fsp3) is 0.235. The van der Waals surface area contributed by atoms with E-state index in [-0.39, 0.29) is 5.91 Å². The zero-order valence-electron chi connectivity index (χ0n) is 13.1. The average Bonchev–Trinajstić information content (AvgIpc) is 2.56. The van der Waals surface area contributed by atoms with E-state index in [1.54, 1.807) is 37.4 Å². The molecule has 0 unspecified atom stereocenters. The number of thioether (sulfide) groups is 1. The van der Waals surface area contributed by atoms with Crippen molar-refractivity contribution in [3.8, 4) is 11.5 Å². The van der Waals surface area contributed by atoms with Crippen molar-refractivity contribution in [3.63, 3.8) is 0 Å². The van der Waals surface area contributed by atoms with Gasteiger partial charge >= 0.3 is 0 Å². The summed E-state index contributed by atoms with van der Waals surface area (Å²) in [5.41, 5.74) is 0.563. The highest BCUT2D eigenvalue weighted by molar-refractivity contribution is 7.99. The third-order valence-electron chi connectivity index (χ3n) is 2.98. The van der Waals surface area contributed by atoms with Gasteiger partial charge in [-0.2, -0.15) is 0 Å². The molecular formula is C17H17Cl2NO3S. The third kappa shape index (κ3) is 6.15. The molecular weight excluding hydrogens is 369 g/mol. The molecule has 0 aliphatic carbocycles. The van der Waals surface area contributed by atoms with Gasteiger partial charge in [-0.25, -0.2) is 0 Å². The molecule has 24 heavy (non-hydrogen) atoms. The molecule has 0 atom stereocenters. The first-order valence-corrected chi connectivity index (χ1v) is 9.09. The van der Waals surface area contributed by atoms with Gasteiger partial charge in [-0.1, -0.05) is 23.2 Å². The van der Waals surface area contributed by atoms with Crippen LogP contribution in [0, 0.1) is 0 Å². The van der Waals surface area contributed by atoms with Gasteiger partial charge in [0.15, 0.2) is 0 Å². The summed E-state index contributed by atoms with van der Waals surface area (Å²) in [6, 6.07) is 12.2. The molecule has 4 nitrogen and oxygen atoms in total. The van der Waals surface area contributed by atoms with E-state index in [2.05, 4.69) is 5.32 Å². The predicted octanol–water partition coefficient (Wildman–Crippen LogP) is 4.75. The van der Waals surface area contributed by atoms with E-state index in [9.17, 15) is 4.79 Å². The molecule has 0 bridgehead atoms. The van der Waals surface area contributed by atoms with Crippen LogP contribution in [-0.4, -0.2) is 31.1 Å². The van der Waals surface area contributed by atoms with Crippen LogP contribution in [0.5, 0.6) is 11.5 Å². The second-order valence-electron chi connectivity index (χ2n) is 4.75. The number of hydrogen-bond acceptors (Lipinski definition) is 4. The quantitative estimate of drug-likeness (QED) is 0.665. The lowest BCUT2D eigenvalue weighted by Gasteiger charge is -2.10. The highest BCUT2D eigenvalue weighted by Gasteiger charge is 2.08. The summed E-state index contributed by atoms with van der Waals surface area (Å²) in [5, 5.41) is 4.00. The van der Waals surface area contributed by atoms with Crippen molar-refractivity contribution < 1.29 is 14.3 Å². The summed E-state index contributed by atoms with van der Waals surface area (Å²) in [7, 11) is 1.54. The second-order valence-corrected chi connectivity index (χ2v) is 6.73. The standard InChI is InChI=1S/C17H17Cl2NO3S/c1-22-16-7-4-13(19)10-15(16)20-17(21)11-24-9-8-23-14-5-2-12(18)3-6-14/h2-7,10H,8-9,11H2,1H3,(H,20,21). The van der Waals surface area contributed by atoms with Crippen molar-refractivity contribution in [2.45, 2.75) is 0 Å². The van der Waals surface area contributed by atoms with E-state index in [0.29, 0.717) is 39.6 Å². The SMILES string of the molecule is COc1ccc(Cl)cc1NC(=O)CSCCOc1ccc(Cl)cc1. The summed E-state index contributed by atoms with van der Waals surface area (Å²) < 4.78 is 10.8. The number of ether oxygens (including phenoxy) is 2. The molecule has 0 aliphatic rings. The fourth-order valence-corrected chi connectivity index (χ4v) is 2.78. The Morgan fingerprint density at radius 3 is 2.54 bits per heavy atom. The summed E-state index contributed by atoms with van der Waals surface area (Å²) in [4.78, 5) is 12.0. The molecule has 7 heteroatoms. The molecule has 0 fully saturated rings. The van der Waals surface area contributed by atoms with Crippen LogP contribution in [0.2, 0.25) is 10.0 Å². The monoisotopic (exact) mass is 385 g/mol. The summed E-state index contributed by atoms with van der Waals surface area (Å²) in [6.45, 7) is 0.514. The number of anilines is 1. The highest BCUT2D eigenvalue weighted by Crippen LogP contribution is 2.27. The molecule has 2 rings (SSSR count). The molecule has 2 aromatic carbocycles. The lowest BCUT2D eigenvalue weighted by Crippen LogP contribution is -2.15. The van der Waals surface area contributed by atoms with Gasteiger partial charge in [-0.15, -0.1) is 11.8 Å². The van der Waals surface area contributed by atoms with Crippen molar-refractivity contribution in [2.24, 2.45) is 0 Å². The first-order chi connectivity index (χ1) is 11.6. The first-order valence-electron chi connectivity index (χ1n) is 7.18. The minimum absolute atomic E-state index is 0.118. The number of carbonyl (C=O) groups excluding carboxylic acids is 1. The van der Waals surface area contributed by atoms with Crippen molar-refractivity contribution in [2.75, 3.05) is 30.5 Å². The van der Waals surface area contributed by atoms with E-state index in [1.807, 2.05) is 12.1 Å². The molecule has 0 radical (unpaired) electrons. The fourth-order valence-electron chi connectivity index (χ4n) is 1.88. The van der Waals surface area contributed by atoms with Crippen LogP contribution in [0.15, 0.2) is 42.5 Å². The van der Waals surface area contributed by atoms with Crippen molar-refractivity contribution >= 4 is 46.6 Å². The Morgan fingerprint density at radius 1 is 1.12 bits per heavy atom. The van der Waals surface area contributed by atoms with Crippen molar-refractivity contribution in [1.82, 2.24) is 0 Å². The van der Waals surface area contributed by atoms with Crippen molar-refractivity contribution in [3.05, 3.63) is 52.5 Å². The maximum absolute atomic E-state index is 12.0. The second kappa shape index (κ2) is 9.67. The molecule has 128 valence electrons. The molecule has 0 aromatic heterocycles. The Morgan fingerprint density at radius 2 is 1.83 bits per heavy atom. The molecule has 0 saturated heterocycles. The highest BCUT2D eigenvalue weighted by atomic mass is 35.5. The average molecular weight is 386 g/mol. The van der Waals surface area contributed by atoms with Gasteiger partial charge in [-0.3, -0.25) is 4.79 Å². The maximum Gasteiger partial charge on any atom is 0.234 e. The zero-order valence-corrected chi connectivity index (χ0v) is 15.4. The van der Waals surface area contributed by atoms with Crippen LogP contribution >= 0.6 is 35.0 Å². The topological polar surface area (TPSA) is 47.6 Å². The lowest BCUT2D eigenvalue weighted by molar-refractivity contribution is -0.113. The largest absolute Gasteiger partial charge is 0.495 e. The van der Waals surface area contributed by atoms with E-state index in [1.165, 1.54) is 11.8 Å². The number of rotatable bonds is 8. The molecule has 1 amide bonds. The van der Waals surface area contributed by atoms with Gasteiger partial charge in [0.2, 0.25) is 5.91 Å². The van der Waals surface area contributed by atoms with Gasteiger partial charge in [-0.05, 0) is 42.5 Å². The number of carbonyl (C=O) groups is 1. The van der Waals surface area contributed by atoms with Crippen LogP contribution in [0.3, 0.4) is 0 Å². The predicted molar refractivity (Wildman–Crippen MR) is 101 cm³/mol. The molecule has 2 aromatic rings. The van der Waals surface area contributed by atoms with Gasteiger partial charge in [0.05, 0.1) is 25.2 Å². The van der Waals surface area contributed by atoms with E-state index < -0.39 is 0 Å². The normalized spacial score (nSPS) is 10.3. The Balaban J connectivity index is 1.70. The number of nitrogens with one attached hydrogen (secondary N) is 1. The first kappa shape index (κ1) is 18.8. The molecule has 0 aliphatic heterocycles. The summed E-state index contributed by atoms with van der Waals surface area (Å²) in [6.07, 6.45) is 0.